The SMILES string of the molecule is CCC(O)Cc1ccc(C)cc1Cl. The lowest BCUT2D eigenvalue weighted by Gasteiger charge is -2.09. The molecule has 1 aromatic rings. The first-order valence-electron chi connectivity index (χ1n) is 4.56. The van der Waals surface area contributed by atoms with E-state index in [9.17, 15) is 5.11 Å². The fraction of sp³-hybridized carbons (Fsp3) is 0.455. The van der Waals surface area contributed by atoms with Crippen LogP contribution in [0.2, 0.25) is 5.02 Å². The highest BCUT2D eigenvalue weighted by atomic mass is 35.5. The molecule has 0 aromatic heterocycles. The smallest absolute Gasteiger partial charge is 0.0578 e. The zero-order chi connectivity index (χ0) is 9.84. The third-order valence-corrected chi connectivity index (χ3v) is 2.49. The van der Waals surface area contributed by atoms with E-state index in [1.54, 1.807) is 0 Å². The molecule has 0 fully saturated rings. The molecule has 0 aliphatic rings. The molecule has 72 valence electrons. The summed E-state index contributed by atoms with van der Waals surface area (Å²) in [4.78, 5) is 0. The molecule has 0 spiro atoms. The minimum absolute atomic E-state index is 0.278. The largest absolute Gasteiger partial charge is 0.393 e. The Morgan fingerprint density at radius 3 is 2.69 bits per heavy atom. The van der Waals surface area contributed by atoms with E-state index in [1.165, 1.54) is 0 Å². The van der Waals surface area contributed by atoms with E-state index in [0.717, 1.165) is 22.6 Å². The van der Waals surface area contributed by atoms with Crippen LogP contribution in [0.25, 0.3) is 0 Å². The van der Waals surface area contributed by atoms with Gasteiger partial charge < -0.3 is 5.11 Å². The summed E-state index contributed by atoms with van der Waals surface area (Å²) in [5, 5.41) is 10.2. The van der Waals surface area contributed by atoms with Crippen molar-refractivity contribution >= 4 is 11.6 Å². The Balaban J connectivity index is 2.77. The Bertz CT molecular complexity index is 283. The van der Waals surface area contributed by atoms with Crippen LogP contribution in [0.4, 0.5) is 0 Å². The topological polar surface area (TPSA) is 20.2 Å². The van der Waals surface area contributed by atoms with Crippen molar-refractivity contribution in [3.8, 4) is 0 Å². The van der Waals surface area contributed by atoms with E-state index < -0.39 is 0 Å². The Hall–Kier alpha value is -0.530. The highest BCUT2D eigenvalue weighted by Crippen LogP contribution is 2.19. The van der Waals surface area contributed by atoms with E-state index >= 15 is 0 Å². The molecule has 1 rings (SSSR count). The van der Waals surface area contributed by atoms with Crippen LogP contribution in [0.15, 0.2) is 18.2 Å². The third kappa shape index (κ3) is 3.02. The molecule has 0 saturated carbocycles. The maximum absolute atomic E-state index is 9.45. The Morgan fingerprint density at radius 1 is 1.46 bits per heavy atom. The van der Waals surface area contributed by atoms with E-state index in [1.807, 2.05) is 32.0 Å². The first-order valence-corrected chi connectivity index (χ1v) is 4.94. The van der Waals surface area contributed by atoms with Gasteiger partial charge in [-0.05, 0) is 37.0 Å². The first kappa shape index (κ1) is 10.6. The van der Waals surface area contributed by atoms with E-state index in [-0.39, 0.29) is 6.10 Å². The standard InChI is InChI=1S/C11H15ClO/c1-3-10(13)7-9-5-4-8(2)6-11(9)12/h4-6,10,13H,3,7H2,1-2H3. The number of aliphatic hydroxyl groups excluding tert-OH is 1. The van der Waals surface area contributed by atoms with Crippen molar-refractivity contribution in [1.29, 1.82) is 0 Å². The summed E-state index contributed by atoms with van der Waals surface area (Å²) in [6.07, 6.45) is 1.14. The minimum atomic E-state index is -0.278. The molecule has 0 radical (unpaired) electrons. The van der Waals surface area contributed by atoms with Crippen LogP contribution in [0.1, 0.15) is 24.5 Å². The van der Waals surface area contributed by atoms with Crippen LogP contribution < -0.4 is 0 Å². The van der Waals surface area contributed by atoms with Crippen LogP contribution in [0.3, 0.4) is 0 Å². The number of aliphatic hydroxyl groups is 1. The lowest BCUT2D eigenvalue weighted by Crippen LogP contribution is -2.08. The first-order chi connectivity index (χ1) is 6.13. The summed E-state index contributed by atoms with van der Waals surface area (Å²) in [5.74, 6) is 0. The summed E-state index contributed by atoms with van der Waals surface area (Å²) >= 11 is 6.02. The zero-order valence-electron chi connectivity index (χ0n) is 8.05. The van der Waals surface area contributed by atoms with Gasteiger partial charge in [-0.3, -0.25) is 0 Å². The van der Waals surface area contributed by atoms with Crippen molar-refractivity contribution in [2.75, 3.05) is 0 Å². The predicted octanol–water partition coefficient (Wildman–Crippen LogP) is 2.96. The second kappa shape index (κ2) is 4.64. The Labute approximate surface area is 84.4 Å². The van der Waals surface area contributed by atoms with E-state index in [2.05, 4.69) is 0 Å². The number of rotatable bonds is 3. The lowest BCUT2D eigenvalue weighted by atomic mass is 10.0. The summed E-state index contributed by atoms with van der Waals surface area (Å²) in [6.45, 7) is 3.97. The maximum Gasteiger partial charge on any atom is 0.0578 e. The summed E-state index contributed by atoms with van der Waals surface area (Å²) in [5.41, 5.74) is 2.18. The second-order valence-electron chi connectivity index (χ2n) is 3.36. The second-order valence-corrected chi connectivity index (χ2v) is 3.77. The van der Waals surface area contributed by atoms with Gasteiger partial charge in [0, 0.05) is 5.02 Å². The third-order valence-electron chi connectivity index (χ3n) is 2.14. The van der Waals surface area contributed by atoms with Gasteiger partial charge in [-0.1, -0.05) is 30.7 Å². The van der Waals surface area contributed by atoms with Gasteiger partial charge in [0.2, 0.25) is 0 Å². The molecule has 1 aromatic carbocycles. The average Bonchev–Trinajstić information content (AvgIpc) is 2.09. The molecule has 0 bridgehead atoms. The van der Waals surface area contributed by atoms with Crippen LogP contribution in [-0.2, 0) is 6.42 Å². The Kier molecular flexibility index (Phi) is 3.76. The fourth-order valence-electron chi connectivity index (χ4n) is 1.22. The minimum Gasteiger partial charge on any atom is -0.393 e. The van der Waals surface area contributed by atoms with Gasteiger partial charge in [0.05, 0.1) is 6.10 Å². The van der Waals surface area contributed by atoms with Crippen molar-refractivity contribution in [3.63, 3.8) is 0 Å². The van der Waals surface area contributed by atoms with Gasteiger partial charge >= 0.3 is 0 Å². The molecule has 2 heteroatoms. The van der Waals surface area contributed by atoms with Crippen molar-refractivity contribution in [2.45, 2.75) is 32.8 Å². The molecular weight excluding hydrogens is 184 g/mol. The molecule has 1 atom stereocenters. The maximum atomic E-state index is 9.45. The van der Waals surface area contributed by atoms with Crippen LogP contribution in [0, 0.1) is 6.92 Å². The predicted molar refractivity (Wildman–Crippen MR) is 56.2 cm³/mol. The van der Waals surface area contributed by atoms with Crippen molar-refractivity contribution in [3.05, 3.63) is 34.3 Å². The average molecular weight is 199 g/mol. The molecule has 0 saturated heterocycles. The summed E-state index contributed by atoms with van der Waals surface area (Å²) < 4.78 is 0. The number of hydrogen-bond acceptors (Lipinski definition) is 1. The molecular formula is C11H15ClO. The summed E-state index contributed by atoms with van der Waals surface area (Å²) in [7, 11) is 0. The molecule has 1 nitrogen and oxygen atoms in total. The quantitative estimate of drug-likeness (QED) is 0.792. The van der Waals surface area contributed by atoms with Gasteiger partial charge in [0.1, 0.15) is 0 Å². The molecule has 0 aliphatic heterocycles. The monoisotopic (exact) mass is 198 g/mol. The van der Waals surface area contributed by atoms with Crippen molar-refractivity contribution < 1.29 is 5.11 Å². The Morgan fingerprint density at radius 2 is 2.15 bits per heavy atom. The summed E-state index contributed by atoms with van der Waals surface area (Å²) in [6, 6.07) is 5.93. The van der Waals surface area contributed by atoms with Crippen LogP contribution in [0.5, 0.6) is 0 Å². The number of benzene rings is 1. The molecule has 1 unspecified atom stereocenters. The highest BCUT2D eigenvalue weighted by Gasteiger charge is 2.05. The zero-order valence-corrected chi connectivity index (χ0v) is 8.80. The normalized spacial score (nSPS) is 12.9. The van der Waals surface area contributed by atoms with Gasteiger partial charge in [-0.2, -0.15) is 0 Å². The molecule has 13 heavy (non-hydrogen) atoms. The molecule has 1 N–H and O–H groups in total. The fourth-order valence-corrected chi connectivity index (χ4v) is 1.53. The van der Waals surface area contributed by atoms with Crippen LogP contribution >= 0.6 is 11.6 Å². The van der Waals surface area contributed by atoms with Crippen molar-refractivity contribution in [1.82, 2.24) is 0 Å². The molecule has 0 heterocycles. The number of hydrogen-bond donors (Lipinski definition) is 1. The molecule has 0 aliphatic carbocycles. The van der Waals surface area contributed by atoms with E-state index in [0.29, 0.717) is 6.42 Å². The highest BCUT2D eigenvalue weighted by molar-refractivity contribution is 6.31. The van der Waals surface area contributed by atoms with Crippen molar-refractivity contribution in [2.24, 2.45) is 0 Å². The lowest BCUT2D eigenvalue weighted by molar-refractivity contribution is 0.171. The van der Waals surface area contributed by atoms with Gasteiger partial charge in [0.15, 0.2) is 0 Å². The van der Waals surface area contributed by atoms with Crippen LogP contribution in [-0.4, -0.2) is 11.2 Å². The number of halogens is 1. The van der Waals surface area contributed by atoms with E-state index in [4.69, 9.17) is 11.6 Å². The van der Waals surface area contributed by atoms with Gasteiger partial charge in [-0.25, -0.2) is 0 Å². The number of aryl methyl sites for hydroxylation is 1. The van der Waals surface area contributed by atoms with Gasteiger partial charge in [-0.15, -0.1) is 0 Å². The molecule has 0 amide bonds. The van der Waals surface area contributed by atoms with Gasteiger partial charge in [0.25, 0.3) is 0 Å².